The predicted octanol–water partition coefficient (Wildman–Crippen LogP) is 2.73. The van der Waals surface area contributed by atoms with E-state index >= 15 is 0 Å². The lowest BCUT2D eigenvalue weighted by molar-refractivity contribution is 0.0711. The molecule has 0 spiro atoms. The fraction of sp³-hybridized carbons (Fsp3) is 0.571. The Morgan fingerprint density at radius 2 is 1.70 bits per heavy atom. The summed E-state index contributed by atoms with van der Waals surface area (Å²) in [4.78, 5) is 19.6. The van der Waals surface area contributed by atoms with Gasteiger partial charge in [-0.1, -0.05) is 13.8 Å². The number of hydrogen-bond acceptors (Lipinski definition) is 5. The number of sulfonamides is 1. The van der Waals surface area contributed by atoms with Crippen LogP contribution in [0.2, 0.25) is 0 Å². The molecule has 1 aromatic carbocycles. The smallest absolute Gasteiger partial charge is 0.253 e. The Labute approximate surface area is 177 Å². The normalized spacial score (nSPS) is 18.2. The van der Waals surface area contributed by atoms with Crippen LogP contribution in [0.15, 0.2) is 29.2 Å². The van der Waals surface area contributed by atoms with E-state index in [4.69, 9.17) is 0 Å². The fourth-order valence-corrected chi connectivity index (χ4v) is 5.47. The number of rotatable bonds is 7. The van der Waals surface area contributed by atoms with Gasteiger partial charge < -0.3 is 4.90 Å². The van der Waals surface area contributed by atoms with E-state index in [1.165, 1.54) is 29.3 Å². The maximum atomic E-state index is 12.9. The van der Waals surface area contributed by atoms with Crippen molar-refractivity contribution in [2.45, 2.75) is 56.3 Å². The van der Waals surface area contributed by atoms with Crippen LogP contribution in [-0.4, -0.2) is 64.9 Å². The lowest BCUT2D eigenvalue weighted by Crippen LogP contribution is -2.38. The van der Waals surface area contributed by atoms with Crippen molar-refractivity contribution in [2.24, 2.45) is 0 Å². The third-order valence-electron chi connectivity index (χ3n) is 6.08. The molecule has 1 aromatic heterocycles. The molecule has 162 valence electrons. The monoisotopic (exact) mass is 431 g/mol. The van der Waals surface area contributed by atoms with Crippen molar-refractivity contribution in [2.75, 3.05) is 26.2 Å². The molecule has 1 saturated heterocycles. The van der Waals surface area contributed by atoms with Crippen molar-refractivity contribution in [3.8, 4) is 0 Å². The standard InChI is InChI=1S/C21H29N5O3S/c1-3-26(4-2)30(28,29)18-9-7-17(8-10-18)21(27)25-13-11-16(12-14-25)20-22-19(23-24-20)15-5-6-15/h7-10,15-16H,3-6,11-14H2,1-2H3,(H,22,23,24). The van der Waals surface area contributed by atoms with E-state index in [-0.39, 0.29) is 10.8 Å². The zero-order chi connectivity index (χ0) is 21.3. The van der Waals surface area contributed by atoms with Crippen LogP contribution in [0.4, 0.5) is 0 Å². The van der Waals surface area contributed by atoms with Crippen LogP contribution in [0.1, 0.15) is 73.4 Å². The van der Waals surface area contributed by atoms with Crippen LogP contribution in [0, 0.1) is 0 Å². The first kappa shape index (κ1) is 21.0. The summed E-state index contributed by atoms with van der Waals surface area (Å²) in [6.07, 6.45) is 4.05. The molecule has 30 heavy (non-hydrogen) atoms. The summed E-state index contributed by atoms with van der Waals surface area (Å²) in [5.74, 6) is 2.65. The molecule has 2 aliphatic rings. The molecule has 1 N–H and O–H groups in total. The molecule has 1 amide bonds. The number of nitrogens with one attached hydrogen (secondary N) is 1. The zero-order valence-electron chi connectivity index (χ0n) is 17.5. The number of carbonyl (C=O) groups excluding carboxylic acids is 1. The number of likely N-dealkylation sites (tertiary alicyclic amines) is 1. The van der Waals surface area contributed by atoms with Crippen LogP contribution in [0.5, 0.6) is 0 Å². The predicted molar refractivity (Wildman–Crippen MR) is 113 cm³/mol. The van der Waals surface area contributed by atoms with Gasteiger partial charge in [-0.2, -0.15) is 9.40 Å². The van der Waals surface area contributed by atoms with Gasteiger partial charge in [0.15, 0.2) is 5.82 Å². The van der Waals surface area contributed by atoms with Crippen molar-refractivity contribution in [1.82, 2.24) is 24.4 Å². The molecular formula is C21H29N5O3S. The minimum absolute atomic E-state index is 0.0588. The lowest BCUT2D eigenvalue weighted by atomic mass is 9.95. The van der Waals surface area contributed by atoms with Gasteiger partial charge in [-0.05, 0) is 49.9 Å². The molecule has 0 atom stereocenters. The van der Waals surface area contributed by atoms with Crippen molar-refractivity contribution >= 4 is 15.9 Å². The molecule has 1 saturated carbocycles. The highest BCUT2D eigenvalue weighted by Gasteiger charge is 2.31. The van der Waals surface area contributed by atoms with Crippen molar-refractivity contribution < 1.29 is 13.2 Å². The number of aromatic nitrogens is 3. The average molecular weight is 432 g/mol. The summed E-state index contributed by atoms with van der Waals surface area (Å²) in [7, 11) is -3.51. The number of nitrogens with zero attached hydrogens (tertiary/aromatic N) is 4. The average Bonchev–Trinajstić information content (AvgIpc) is 3.51. The Morgan fingerprint density at radius 3 is 2.27 bits per heavy atom. The maximum absolute atomic E-state index is 12.9. The third-order valence-corrected chi connectivity index (χ3v) is 8.14. The van der Waals surface area contributed by atoms with Gasteiger partial charge in [-0.15, -0.1) is 0 Å². The van der Waals surface area contributed by atoms with Gasteiger partial charge in [0.2, 0.25) is 10.0 Å². The quantitative estimate of drug-likeness (QED) is 0.727. The minimum atomic E-state index is -3.51. The molecule has 0 bridgehead atoms. The summed E-state index contributed by atoms with van der Waals surface area (Å²) in [6.45, 7) is 5.77. The topological polar surface area (TPSA) is 99.3 Å². The number of benzene rings is 1. The van der Waals surface area contributed by atoms with Crippen LogP contribution >= 0.6 is 0 Å². The summed E-state index contributed by atoms with van der Waals surface area (Å²) >= 11 is 0. The highest BCUT2D eigenvalue weighted by Crippen LogP contribution is 2.38. The molecule has 0 radical (unpaired) electrons. The van der Waals surface area contributed by atoms with E-state index in [1.807, 2.05) is 18.7 Å². The molecule has 1 aliphatic heterocycles. The number of carbonyl (C=O) groups is 1. The third kappa shape index (κ3) is 4.13. The van der Waals surface area contributed by atoms with Crippen LogP contribution in [0.3, 0.4) is 0 Å². The fourth-order valence-electron chi connectivity index (χ4n) is 4.02. The first-order valence-corrected chi connectivity index (χ1v) is 12.2. The second-order valence-corrected chi connectivity index (χ2v) is 9.97. The van der Waals surface area contributed by atoms with E-state index in [1.54, 1.807) is 12.1 Å². The van der Waals surface area contributed by atoms with Gasteiger partial charge in [-0.3, -0.25) is 9.89 Å². The van der Waals surface area contributed by atoms with Crippen molar-refractivity contribution in [3.63, 3.8) is 0 Å². The Morgan fingerprint density at radius 1 is 1.07 bits per heavy atom. The molecule has 4 rings (SSSR count). The van der Waals surface area contributed by atoms with Crippen LogP contribution < -0.4 is 0 Å². The second kappa shape index (κ2) is 8.47. The first-order valence-electron chi connectivity index (χ1n) is 10.8. The van der Waals surface area contributed by atoms with Crippen molar-refractivity contribution in [3.05, 3.63) is 41.5 Å². The first-order chi connectivity index (χ1) is 14.4. The molecule has 1 aliphatic carbocycles. The number of H-pyrrole nitrogens is 1. The summed E-state index contributed by atoms with van der Waals surface area (Å²) in [5.41, 5.74) is 0.516. The van der Waals surface area contributed by atoms with E-state index < -0.39 is 10.0 Å². The van der Waals surface area contributed by atoms with E-state index in [2.05, 4.69) is 15.2 Å². The van der Waals surface area contributed by atoms with Gasteiger partial charge in [0.05, 0.1) is 4.90 Å². The molecule has 8 nitrogen and oxygen atoms in total. The van der Waals surface area contributed by atoms with E-state index in [0.29, 0.717) is 43.6 Å². The second-order valence-electron chi connectivity index (χ2n) is 8.03. The summed E-state index contributed by atoms with van der Waals surface area (Å²) in [5, 5.41) is 7.42. The number of hydrogen-bond donors (Lipinski definition) is 1. The highest BCUT2D eigenvalue weighted by atomic mass is 32.2. The molecule has 2 heterocycles. The van der Waals surface area contributed by atoms with Gasteiger partial charge >= 0.3 is 0 Å². The Bertz CT molecular complexity index is 986. The Kier molecular flexibility index (Phi) is 5.92. The van der Waals surface area contributed by atoms with Gasteiger partial charge in [0, 0.05) is 43.6 Å². The summed E-state index contributed by atoms with van der Waals surface area (Å²) < 4.78 is 26.6. The number of amides is 1. The minimum Gasteiger partial charge on any atom is -0.339 e. The van der Waals surface area contributed by atoms with Gasteiger partial charge in [-0.25, -0.2) is 13.4 Å². The largest absolute Gasteiger partial charge is 0.339 e. The van der Waals surface area contributed by atoms with Crippen LogP contribution in [-0.2, 0) is 10.0 Å². The SMILES string of the molecule is CCN(CC)S(=O)(=O)c1ccc(C(=O)N2CCC(c3nc(C4CC4)n[nH]3)CC2)cc1. The molecular weight excluding hydrogens is 402 g/mol. The zero-order valence-corrected chi connectivity index (χ0v) is 18.4. The van der Waals surface area contributed by atoms with Gasteiger partial charge in [0.1, 0.15) is 5.82 Å². The highest BCUT2D eigenvalue weighted by molar-refractivity contribution is 7.89. The molecule has 2 fully saturated rings. The Hall–Kier alpha value is -2.26. The number of aromatic amines is 1. The lowest BCUT2D eigenvalue weighted by Gasteiger charge is -2.31. The number of piperidine rings is 1. The summed E-state index contributed by atoms with van der Waals surface area (Å²) in [6, 6.07) is 6.29. The van der Waals surface area contributed by atoms with Gasteiger partial charge in [0.25, 0.3) is 5.91 Å². The van der Waals surface area contributed by atoms with Crippen molar-refractivity contribution in [1.29, 1.82) is 0 Å². The van der Waals surface area contributed by atoms with E-state index in [9.17, 15) is 13.2 Å². The maximum Gasteiger partial charge on any atom is 0.253 e. The van der Waals surface area contributed by atoms with Crippen LogP contribution in [0.25, 0.3) is 0 Å². The Balaban J connectivity index is 1.38. The van der Waals surface area contributed by atoms with E-state index in [0.717, 1.165) is 24.5 Å². The molecule has 0 unspecified atom stereocenters. The molecule has 2 aromatic rings. The molecule has 9 heteroatoms.